The molecule has 0 aliphatic carbocycles. The summed E-state index contributed by atoms with van der Waals surface area (Å²) < 4.78 is 11.5. The van der Waals surface area contributed by atoms with Gasteiger partial charge in [0.2, 0.25) is 0 Å². The van der Waals surface area contributed by atoms with Crippen LogP contribution in [0.1, 0.15) is 20.8 Å². The van der Waals surface area contributed by atoms with E-state index in [4.69, 9.17) is 9.47 Å². The molecule has 33 heavy (non-hydrogen) atoms. The first kappa shape index (κ1) is 22.6. The Labute approximate surface area is 198 Å². The van der Waals surface area contributed by atoms with Crippen molar-refractivity contribution in [3.63, 3.8) is 0 Å². The highest BCUT2D eigenvalue weighted by Crippen LogP contribution is 2.27. The number of hydrogen-bond acceptors (Lipinski definition) is 5. The minimum atomic E-state index is -0.660. The van der Waals surface area contributed by atoms with Gasteiger partial charge in [-0.05, 0) is 68.3 Å². The Balaban J connectivity index is 1.34. The second-order valence-electron chi connectivity index (χ2n) is 7.87. The maximum Gasteiger partial charge on any atom is 0.266 e. The number of thiazole rings is 1. The number of nitrogens with zero attached hydrogens (tertiary/aromatic N) is 1. The molecule has 1 aromatic heterocycles. The molecule has 1 heterocycles. The van der Waals surface area contributed by atoms with Gasteiger partial charge in [0.1, 0.15) is 11.5 Å². The minimum absolute atomic E-state index is 0.128. The molecule has 1 atom stereocenters. The Kier molecular flexibility index (Phi) is 7.05. The third-order valence-electron chi connectivity index (χ3n) is 4.90. The highest BCUT2D eigenvalue weighted by atomic mass is 32.1. The quantitative estimate of drug-likeness (QED) is 0.320. The lowest BCUT2D eigenvalue weighted by atomic mass is 10.1. The van der Waals surface area contributed by atoms with Crippen LogP contribution in [-0.2, 0) is 4.79 Å². The number of nitrogens with one attached hydrogen (secondary N) is 1. The van der Waals surface area contributed by atoms with Crippen molar-refractivity contribution in [2.24, 2.45) is 0 Å². The molecule has 0 bridgehead atoms. The molecule has 0 saturated carbocycles. The summed E-state index contributed by atoms with van der Waals surface area (Å²) in [7, 11) is 0. The van der Waals surface area contributed by atoms with Crippen LogP contribution < -0.4 is 14.8 Å². The number of benzene rings is 3. The zero-order valence-electron chi connectivity index (χ0n) is 18.8. The molecule has 5 nitrogen and oxygen atoms in total. The second kappa shape index (κ2) is 10.3. The molecule has 1 unspecified atom stereocenters. The molecule has 1 amide bonds. The number of aromatic nitrogens is 1. The number of carbonyl (C=O) groups is 1. The van der Waals surface area contributed by atoms with Gasteiger partial charge >= 0.3 is 0 Å². The SMILES string of the molecule is CC(C)Oc1ccc(-c2csc(NC(=O)C(C)Oc3ccc(-c4ccccc4)cc3)n2)cc1. The first-order chi connectivity index (χ1) is 16.0. The standard InChI is InChI=1S/C27H26N2O3S/c1-18(2)31-23-15-11-22(12-16-23)25-17-33-27(28-25)29-26(30)19(3)32-24-13-9-21(10-14-24)20-7-5-4-6-8-20/h4-19H,1-3H3,(H,28,29,30). The third-order valence-corrected chi connectivity index (χ3v) is 5.66. The van der Waals surface area contributed by atoms with E-state index in [2.05, 4.69) is 22.4 Å². The van der Waals surface area contributed by atoms with E-state index in [0.717, 1.165) is 28.1 Å². The van der Waals surface area contributed by atoms with Gasteiger partial charge in [0, 0.05) is 10.9 Å². The molecular formula is C27H26N2O3S. The highest BCUT2D eigenvalue weighted by Gasteiger charge is 2.17. The summed E-state index contributed by atoms with van der Waals surface area (Å²) in [5.74, 6) is 1.21. The van der Waals surface area contributed by atoms with E-state index in [1.807, 2.05) is 86.0 Å². The fraction of sp³-hybridized carbons (Fsp3) is 0.185. The summed E-state index contributed by atoms with van der Waals surface area (Å²) in [5, 5.41) is 5.30. The highest BCUT2D eigenvalue weighted by molar-refractivity contribution is 7.14. The zero-order chi connectivity index (χ0) is 23.2. The molecule has 0 radical (unpaired) electrons. The summed E-state index contributed by atoms with van der Waals surface area (Å²) >= 11 is 1.38. The summed E-state index contributed by atoms with van der Waals surface area (Å²) in [4.78, 5) is 17.1. The predicted molar refractivity (Wildman–Crippen MR) is 134 cm³/mol. The molecule has 0 saturated heterocycles. The van der Waals surface area contributed by atoms with Crippen LogP contribution >= 0.6 is 11.3 Å². The van der Waals surface area contributed by atoms with Crippen molar-refractivity contribution < 1.29 is 14.3 Å². The average Bonchev–Trinajstić information content (AvgIpc) is 3.28. The molecule has 1 N–H and O–H groups in total. The van der Waals surface area contributed by atoms with Gasteiger partial charge in [-0.3, -0.25) is 10.1 Å². The smallest absolute Gasteiger partial charge is 0.266 e. The van der Waals surface area contributed by atoms with Gasteiger partial charge in [-0.1, -0.05) is 42.5 Å². The molecule has 0 spiro atoms. The van der Waals surface area contributed by atoms with Crippen LogP contribution in [0.15, 0.2) is 84.2 Å². The summed E-state index contributed by atoms with van der Waals surface area (Å²) in [6.45, 7) is 5.71. The number of carbonyl (C=O) groups excluding carboxylic acids is 1. The van der Waals surface area contributed by atoms with Gasteiger partial charge in [-0.15, -0.1) is 11.3 Å². The van der Waals surface area contributed by atoms with Crippen LogP contribution in [0.3, 0.4) is 0 Å². The Morgan fingerprint density at radius 3 is 2.00 bits per heavy atom. The van der Waals surface area contributed by atoms with Crippen molar-refractivity contribution in [3.05, 3.63) is 84.2 Å². The molecule has 0 fully saturated rings. The van der Waals surface area contributed by atoms with Crippen LogP contribution in [0.25, 0.3) is 22.4 Å². The van der Waals surface area contributed by atoms with Crippen molar-refractivity contribution >= 4 is 22.4 Å². The van der Waals surface area contributed by atoms with E-state index in [-0.39, 0.29) is 12.0 Å². The van der Waals surface area contributed by atoms with Crippen LogP contribution in [0.5, 0.6) is 11.5 Å². The average molecular weight is 459 g/mol. The summed E-state index contributed by atoms with van der Waals surface area (Å²) in [6.07, 6.45) is -0.532. The number of hydrogen-bond donors (Lipinski definition) is 1. The molecule has 0 aliphatic rings. The zero-order valence-corrected chi connectivity index (χ0v) is 19.6. The van der Waals surface area contributed by atoms with E-state index >= 15 is 0 Å². The first-order valence-corrected chi connectivity index (χ1v) is 11.7. The van der Waals surface area contributed by atoms with E-state index in [1.165, 1.54) is 11.3 Å². The van der Waals surface area contributed by atoms with E-state index < -0.39 is 6.10 Å². The molecule has 3 aromatic carbocycles. The fourth-order valence-electron chi connectivity index (χ4n) is 3.26. The van der Waals surface area contributed by atoms with Crippen molar-refractivity contribution in [3.8, 4) is 33.9 Å². The lowest BCUT2D eigenvalue weighted by molar-refractivity contribution is -0.122. The summed E-state index contributed by atoms with van der Waals surface area (Å²) in [5.41, 5.74) is 4.00. The molecule has 6 heteroatoms. The Hall–Kier alpha value is -3.64. The molecule has 4 rings (SSSR count). The largest absolute Gasteiger partial charge is 0.491 e. The topological polar surface area (TPSA) is 60.5 Å². The lowest BCUT2D eigenvalue weighted by Crippen LogP contribution is -2.30. The normalized spacial score (nSPS) is 11.8. The Morgan fingerprint density at radius 2 is 1.36 bits per heavy atom. The van der Waals surface area contributed by atoms with Crippen LogP contribution in [0.4, 0.5) is 5.13 Å². The van der Waals surface area contributed by atoms with Gasteiger partial charge in [0.25, 0.3) is 5.91 Å². The van der Waals surface area contributed by atoms with Gasteiger partial charge in [-0.2, -0.15) is 0 Å². The summed E-state index contributed by atoms with van der Waals surface area (Å²) in [6, 6.07) is 25.6. The first-order valence-electron chi connectivity index (χ1n) is 10.8. The van der Waals surface area contributed by atoms with Crippen LogP contribution in [0.2, 0.25) is 0 Å². The Bertz CT molecular complexity index is 1190. The minimum Gasteiger partial charge on any atom is -0.491 e. The molecule has 4 aromatic rings. The number of anilines is 1. The van der Waals surface area contributed by atoms with Gasteiger partial charge in [0.15, 0.2) is 11.2 Å². The third kappa shape index (κ3) is 5.99. The van der Waals surface area contributed by atoms with E-state index in [9.17, 15) is 4.79 Å². The lowest BCUT2D eigenvalue weighted by Gasteiger charge is -2.14. The predicted octanol–water partition coefficient (Wildman–Crippen LogP) is 6.67. The number of ether oxygens (including phenoxy) is 2. The van der Waals surface area contributed by atoms with E-state index in [1.54, 1.807) is 6.92 Å². The van der Waals surface area contributed by atoms with Crippen molar-refractivity contribution in [1.82, 2.24) is 4.98 Å². The molecular weight excluding hydrogens is 432 g/mol. The number of amides is 1. The van der Waals surface area contributed by atoms with E-state index in [0.29, 0.717) is 10.9 Å². The van der Waals surface area contributed by atoms with Crippen molar-refractivity contribution in [1.29, 1.82) is 0 Å². The van der Waals surface area contributed by atoms with Gasteiger partial charge in [-0.25, -0.2) is 4.98 Å². The monoisotopic (exact) mass is 458 g/mol. The molecule has 168 valence electrons. The number of rotatable bonds is 8. The van der Waals surface area contributed by atoms with Crippen molar-refractivity contribution in [2.75, 3.05) is 5.32 Å². The molecule has 0 aliphatic heterocycles. The van der Waals surface area contributed by atoms with Gasteiger partial charge < -0.3 is 9.47 Å². The maximum absolute atomic E-state index is 12.6. The Morgan fingerprint density at radius 1 is 0.788 bits per heavy atom. The fourth-order valence-corrected chi connectivity index (χ4v) is 3.98. The maximum atomic E-state index is 12.6. The van der Waals surface area contributed by atoms with Crippen molar-refractivity contribution in [2.45, 2.75) is 33.0 Å². The van der Waals surface area contributed by atoms with Crippen LogP contribution in [-0.4, -0.2) is 23.1 Å². The second-order valence-corrected chi connectivity index (χ2v) is 8.73. The van der Waals surface area contributed by atoms with Gasteiger partial charge in [0.05, 0.1) is 11.8 Å². The van der Waals surface area contributed by atoms with Crippen LogP contribution in [0, 0.1) is 0 Å².